The lowest BCUT2D eigenvalue weighted by Gasteiger charge is -2.37. The molecule has 12 aliphatic rings. The van der Waals surface area contributed by atoms with Crippen LogP contribution in [0, 0.1) is 0 Å². The summed E-state index contributed by atoms with van der Waals surface area (Å²) < 4.78 is 14.5. The number of fused-ring (bicyclic) bond motifs is 42. The number of hydrogen-bond acceptors (Lipinski definition) is 8. The molecule has 16 heteroatoms. The highest BCUT2D eigenvalue weighted by Gasteiger charge is 2.69. The Morgan fingerprint density at radius 3 is 1.05 bits per heavy atom. The van der Waals surface area contributed by atoms with Crippen molar-refractivity contribution in [1.29, 1.82) is 0 Å². The highest BCUT2D eigenvalue weighted by atomic mass is 15.6. The van der Waals surface area contributed by atoms with Gasteiger partial charge in [0.05, 0.1) is 50.9 Å². The van der Waals surface area contributed by atoms with Gasteiger partial charge < -0.3 is 9.97 Å². The van der Waals surface area contributed by atoms with Crippen LogP contribution in [0.5, 0.6) is 0 Å². The molecule has 2 N–H and O–H groups in total. The molecule has 0 aliphatic carbocycles. The molecule has 12 aliphatic heterocycles. The zero-order valence-corrected chi connectivity index (χ0v) is 64.8. The van der Waals surface area contributed by atoms with Gasteiger partial charge in [-0.2, -0.15) is 9.13 Å². The SMILES string of the molecule is C1=CC2=[N+]3C1=Cc1ccc4n1C31n3c(ccc3=C4)=CC3=[N+]1C(=C2)C=C3.C1=Cc2cc3ccc(cc4ccc(cc5nc(cc1n2)C=C5)[nH]4)[nH]3.c1ccc2c(c1)c1c(c3ccccc32)C2=Nc3c4c5ccccc5c5ccccc5c4c4n3Cn3c(c5c6ccccc6c6ccccc6c5c3=NC3=NC(=N4)c4c3c3ccccc3c3ccccc43)=NC1=N2. The van der Waals surface area contributed by atoms with Gasteiger partial charge in [-0.05, 0) is 189 Å². The first-order valence-electron chi connectivity index (χ1n) is 41.3. The molecule has 1 unspecified atom stereocenters. The number of H-pyrrole nitrogens is 2. The van der Waals surface area contributed by atoms with Crippen molar-refractivity contribution in [1.82, 2.24) is 38.2 Å². The predicted octanol–water partition coefficient (Wildman–Crippen LogP) is 19.6. The van der Waals surface area contributed by atoms with Crippen LogP contribution >= 0.6 is 0 Å². The van der Waals surface area contributed by atoms with Crippen LogP contribution < -0.4 is 21.7 Å². The number of hydrogen-bond donors (Lipinski definition) is 2. The first kappa shape index (κ1) is 64.4. The second kappa shape index (κ2) is 23.3. The molecule has 0 amide bonds. The topological polar surface area (TPSA) is 157 Å². The second-order valence-corrected chi connectivity index (χ2v) is 32.8. The van der Waals surface area contributed by atoms with Crippen LogP contribution in [0.15, 0.2) is 339 Å². The van der Waals surface area contributed by atoms with E-state index in [1.54, 1.807) is 0 Å². The molecule has 0 fully saturated rings. The van der Waals surface area contributed by atoms with E-state index < -0.39 is 5.91 Å². The molecule has 14 bridgehead atoms. The summed E-state index contributed by atoms with van der Waals surface area (Å²) in [5.74, 6) is 3.57. The van der Waals surface area contributed by atoms with Crippen molar-refractivity contribution in [3.8, 4) is 0 Å². The number of amidine groups is 4. The molecule has 1 atom stereocenters. The van der Waals surface area contributed by atoms with Gasteiger partial charge in [-0.25, -0.2) is 39.9 Å². The summed E-state index contributed by atoms with van der Waals surface area (Å²) in [5, 5.41) is 24.4. The first-order chi connectivity index (χ1) is 60.4. The summed E-state index contributed by atoms with van der Waals surface area (Å²) in [6.07, 6.45) is 26.2. The normalized spacial score (nSPS) is 16.7. The fourth-order valence-corrected chi connectivity index (χ4v) is 21.5. The number of rotatable bonds is 0. The van der Waals surface area contributed by atoms with Gasteiger partial charge >= 0.3 is 5.91 Å². The number of aromatic nitrogens is 8. The molecular formula is C106H60N16+2. The Morgan fingerprint density at radius 2 is 0.615 bits per heavy atom. The van der Waals surface area contributed by atoms with Gasteiger partial charge in [-0.15, -0.1) is 0 Å². The summed E-state index contributed by atoms with van der Waals surface area (Å²) in [4.78, 5) is 51.0. The minimum absolute atomic E-state index is 0.292. The van der Waals surface area contributed by atoms with Gasteiger partial charge in [0.15, 0.2) is 23.3 Å². The zero-order valence-electron chi connectivity index (χ0n) is 64.8. The van der Waals surface area contributed by atoms with E-state index in [0.717, 1.165) is 197 Å². The minimum Gasteiger partial charge on any atom is -0.355 e. The lowest BCUT2D eigenvalue weighted by Crippen LogP contribution is -2.69. The quantitative estimate of drug-likeness (QED) is 0.115. The standard InChI is InChI=1S/C65H34N8.C21H12N4.C20H14N4/c1-9-25-42-34(17-1)35-18-2-10-26-43(35)51-50(42)58-66-59(51)69-63-56-48-31-15-7-23-40(48)41-24-8-16-32-49(41)57(56)65-71-61-53-45-28-12-4-20-37(45)36-19-3-11-27-44(36)52(53)60(67-61)70-64-55-47-30-14-6-22-39(47)38-21-5-13-29-46(38)54(55)62(68-58)72(64)33-73(63)65;1-2-14-10-16-5-6-18-12-20-8-7-19-11-17-4-3-15-9-13(1)22(14)21(23(15)17,24(16)18)25(19)20;1-2-14-10-16-5-6-18(23-16)12-20-8-7-19(24-20)11-17-4-3-15(22-17)9-13(1)21-14/h1-32H,33H2;1-12H;1-12,21-22H/q;+2;. The third kappa shape index (κ3) is 8.56. The monoisotopic (exact) mass is 1560 g/mol. The van der Waals surface area contributed by atoms with E-state index in [2.05, 4.69) is 345 Å². The van der Waals surface area contributed by atoms with Crippen LogP contribution in [0.4, 0.5) is 11.6 Å². The number of nitrogens with one attached hydrogen (secondary N) is 2. The Kier molecular flexibility index (Phi) is 12.3. The minimum atomic E-state index is -0.433. The molecule has 19 aromatic rings. The van der Waals surface area contributed by atoms with E-state index >= 15 is 0 Å². The van der Waals surface area contributed by atoms with E-state index in [1.165, 1.54) is 44.9 Å². The molecule has 0 saturated heterocycles. The molecule has 19 heterocycles. The summed E-state index contributed by atoms with van der Waals surface area (Å²) in [6, 6.07) is 95.0. The number of aromatic amines is 2. The van der Waals surface area contributed by atoms with Gasteiger partial charge in [0, 0.05) is 102 Å². The largest absolute Gasteiger partial charge is 0.553 e. The lowest BCUT2D eigenvalue weighted by atomic mass is 9.92. The molecule has 7 aromatic heterocycles. The highest BCUT2D eigenvalue weighted by Crippen LogP contribution is 2.51. The second-order valence-electron chi connectivity index (χ2n) is 32.8. The number of aliphatic imine (C=N–C) groups is 4. The van der Waals surface area contributed by atoms with E-state index in [9.17, 15) is 0 Å². The van der Waals surface area contributed by atoms with E-state index in [-0.39, 0.29) is 0 Å². The number of allylic oxidation sites excluding steroid dienone is 5. The van der Waals surface area contributed by atoms with Crippen LogP contribution in [-0.4, -0.2) is 82.1 Å². The van der Waals surface area contributed by atoms with Crippen LogP contribution in [0.25, 0.3) is 172 Å². The summed E-state index contributed by atoms with van der Waals surface area (Å²) in [5.41, 5.74) is 20.8. The molecular weight excluding hydrogens is 1500 g/mol. The Bertz CT molecular complexity index is 8900. The van der Waals surface area contributed by atoms with Crippen molar-refractivity contribution < 1.29 is 9.15 Å². The van der Waals surface area contributed by atoms with Gasteiger partial charge in [0.1, 0.15) is 29.3 Å². The fourth-order valence-electron chi connectivity index (χ4n) is 21.5. The number of nitrogens with zero attached hydrogens (tertiary/aromatic N) is 14. The highest BCUT2D eigenvalue weighted by molar-refractivity contribution is 6.39. The van der Waals surface area contributed by atoms with Crippen molar-refractivity contribution >= 4 is 219 Å². The van der Waals surface area contributed by atoms with E-state index in [1.807, 2.05) is 42.5 Å². The zero-order chi connectivity index (χ0) is 79.1. The van der Waals surface area contributed by atoms with Gasteiger partial charge in [-0.1, -0.05) is 203 Å². The first-order valence-corrected chi connectivity index (χ1v) is 41.3. The van der Waals surface area contributed by atoms with Crippen molar-refractivity contribution in [3.05, 3.63) is 387 Å². The van der Waals surface area contributed by atoms with Crippen molar-refractivity contribution in [2.24, 2.45) is 30.0 Å². The average molecular weight is 1560 g/mol. The average Bonchev–Trinajstić information content (AvgIpc) is 1.46. The van der Waals surface area contributed by atoms with E-state index in [4.69, 9.17) is 30.0 Å². The van der Waals surface area contributed by atoms with Gasteiger partial charge in [0.2, 0.25) is 22.8 Å². The van der Waals surface area contributed by atoms with Crippen LogP contribution in [0.2, 0.25) is 0 Å². The maximum atomic E-state index is 5.93. The van der Waals surface area contributed by atoms with Gasteiger partial charge in [0.25, 0.3) is 0 Å². The smallest absolute Gasteiger partial charge is 0.355 e. The van der Waals surface area contributed by atoms with Gasteiger partial charge in [-0.3, -0.25) is 9.13 Å². The number of benzene rings is 12. The third-order valence-corrected chi connectivity index (χ3v) is 26.3. The molecule has 0 radical (unpaired) electrons. The predicted molar refractivity (Wildman–Crippen MR) is 493 cm³/mol. The maximum absolute atomic E-state index is 5.93. The van der Waals surface area contributed by atoms with Crippen molar-refractivity contribution in [2.75, 3.05) is 0 Å². The lowest BCUT2D eigenvalue weighted by molar-refractivity contribution is -0.836. The Hall–Kier alpha value is -16.7. The molecule has 0 saturated carbocycles. The molecule has 122 heavy (non-hydrogen) atoms. The summed E-state index contributed by atoms with van der Waals surface area (Å²) >= 11 is 0. The molecule has 16 nitrogen and oxygen atoms in total. The molecule has 1 spiro atoms. The van der Waals surface area contributed by atoms with E-state index in [0.29, 0.717) is 30.0 Å². The summed E-state index contributed by atoms with van der Waals surface area (Å²) in [6.45, 7) is 0.292. The Morgan fingerprint density at radius 1 is 0.270 bits per heavy atom. The van der Waals surface area contributed by atoms with Crippen LogP contribution in [0.1, 0.15) is 56.4 Å². The van der Waals surface area contributed by atoms with Crippen molar-refractivity contribution in [3.63, 3.8) is 0 Å². The Labute approximate surface area is 691 Å². The van der Waals surface area contributed by atoms with Crippen molar-refractivity contribution in [2.45, 2.75) is 12.6 Å². The van der Waals surface area contributed by atoms with Crippen LogP contribution in [0.3, 0.4) is 0 Å². The fraction of sp³-hybridized carbons (Fsp3) is 0.0189. The summed E-state index contributed by atoms with van der Waals surface area (Å²) in [7, 11) is 0. The van der Waals surface area contributed by atoms with Crippen LogP contribution in [-0.2, 0) is 12.6 Å². The molecule has 31 rings (SSSR count). The maximum Gasteiger partial charge on any atom is 0.553 e. The third-order valence-electron chi connectivity index (χ3n) is 26.3. The molecule has 562 valence electrons. The Balaban J connectivity index is 0.000000123. The molecule has 12 aromatic carbocycles.